The molecule has 1 aromatic heterocycles. The molecule has 2 rings (SSSR count). The van der Waals surface area contributed by atoms with Gasteiger partial charge in [0.25, 0.3) is 0 Å². The van der Waals surface area contributed by atoms with Gasteiger partial charge in [-0.3, -0.25) is 0 Å². The highest BCUT2D eigenvalue weighted by molar-refractivity contribution is 7.11. The second kappa shape index (κ2) is 5.83. The van der Waals surface area contributed by atoms with Crippen molar-refractivity contribution in [2.45, 2.75) is 25.8 Å². The van der Waals surface area contributed by atoms with Crippen LogP contribution in [0, 0.1) is 5.82 Å². The van der Waals surface area contributed by atoms with Crippen molar-refractivity contribution in [2.24, 2.45) is 5.73 Å². The lowest BCUT2D eigenvalue weighted by Crippen LogP contribution is -2.13. The summed E-state index contributed by atoms with van der Waals surface area (Å²) in [6, 6.07) is 8.69. The number of halogens is 2. The van der Waals surface area contributed by atoms with E-state index in [4.69, 9.17) is 17.3 Å². The maximum absolute atomic E-state index is 13.4. The SMILES string of the molecule is CCc1ccc(CC(N)c2cccc(F)c2Cl)s1. The Morgan fingerprint density at radius 3 is 2.67 bits per heavy atom. The molecule has 0 aliphatic heterocycles. The Morgan fingerprint density at radius 1 is 1.28 bits per heavy atom. The Kier molecular flexibility index (Phi) is 4.38. The highest BCUT2D eigenvalue weighted by Crippen LogP contribution is 2.28. The van der Waals surface area contributed by atoms with E-state index < -0.39 is 5.82 Å². The lowest BCUT2D eigenvalue weighted by Gasteiger charge is -2.13. The van der Waals surface area contributed by atoms with Gasteiger partial charge in [0.1, 0.15) is 5.82 Å². The molecule has 1 heterocycles. The van der Waals surface area contributed by atoms with Crippen LogP contribution in [0.4, 0.5) is 4.39 Å². The molecule has 0 aliphatic carbocycles. The minimum Gasteiger partial charge on any atom is -0.324 e. The van der Waals surface area contributed by atoms with Crippen LogP contribution in [0.25, 0.3) is 0 Å². The molecule has 0 fully saturated rings. The summed E-state index contributed by atoms with van der Waals surface area (Å²) in [5.74, 6) is -0.412. The maximum Gasteiger partial charge on any atom is 0.142 e. The van der Waals surface area contributed by atoms with Gasteiger partial charge in [0.15, 0.2) is 0 Å². The fourth-order valence-corrected chi connectivity index (χ4v) is 3.14. The molecular formula is C14H15ClFNS. The highest BCUT2D eigenvalue weighted by Gasteiger charge is 2.14. The minimum absolute atomic E-state index is 0.136. The Labute approximate surface area is 115 Å². The first-order chi connectivity index (χ1) is 8.61. The van der Waals surface area contributed by atoms with E-state index in [2.05, 4.69) is 19.1 Å². The fourth-order valence-electron chi connectivity index (χ4n) is 1.86. The van der Waals surface area contributed by atoms with Crippen LogP contribution in [0.15, 0.2) is 30.3 Å². The smallest absolute Gasteiger partial charge is 0.142 e. The van der Waals surface area contributed by atoms with E-state index in [1.165, 1.54) is 15.8 Å². The first-order valence-corrected chi connectivity index (χ1v) is 7.08. The van der Waals surface area contributed by atoms with E-state index in [1.807, 2.05) is 0 Å². The third kappa shape index (κ3) is 2.91. The fraction of sp³-hybridized carbons (Fsp3) is 0.286. The summed E-state index contributed by atoms with van der Waals surface area (Å²) in [7, 11) is 0. The number of aryl methyl sites for hydroxylation is 1. The van der Waals surface area contributed by atoms with Crippen LogP contribution in [0.2, 0.25) is 5.02 Å². The van der Waals surface area contributed by atoms with Gasteiger partial charge >= 0.3 is 0 Å². The van der Waals surface area contributed by atoms with E-state index in [0.717, 1.165) is 6.42 Å². The molecule has 4 heteroatoms. The van der Waals surface area contributed by atoms with Crippen molar-refractivity contribution in [3.63, 3.8) is 0 Å². The van der Waals surface area contributed by atoms with Crippen molar-refractivity contribution >= 4 is 22.9 Å². The quantitative estimate of drug-likeness (QED) is 0.887. The van der Waals surface area contributed by atoms with E-state index in [0.29, 0.717) is 12.0 Å². The standard InChI is InChI=1S/C14H15ClFNS/c1-2-9-6-7-10(18-9)8-13(17)11-4-3-5-12(16)14(11)15/h3-7,13H,2,8,17H2,1H3. The lowest BCUT2D eigenvalue weighted by molar-refractivity contribution is 0.619. The molecule has 1 unspecified atom stereocenters. The zero-order valence-corrected chi connectivity index (χ0v) is 11.7. The molecule has 96 valence electrons. The van der Waals surface area contributed by atoms with Crippen molar-refractivity contribution in [3.05, 3.63) is 56.5 Å². The molecular weight excluding hydrogens is 269 g/mol. The van der Waals surface area contributed by atoms with Gasteiger partial charge in [0.05, 0.1) is 5.02 Å². The topological polar surface area (TPSA) is 26.0 Å². The summed E-state index contributed by atoms with van der Waals surface area (Å²) in [6.07, 6.45) is 1.72. The Morgan fingerprint density at radius 2 is 2.00 bits per heavy atom. The number of hydrogen-bond donors (Lipinski definition) is 1. The molecule has 0 saturated heterocycles. The molecule has 1 aromatic carbocycles. The van der Waals surface area contributed by atoms with Crippen LogP contribution in [0.3, 0.4) is 0 Å². The molecule has 1 atom stereocenters. The Bertz CT molecular complexity index is 538. The van der Waals surface area contributed by atoms with E-state index in [9.17, 15) is 4.39 Å². The lowest BCUT2D eigenvalue weighted by atomic mass is 10.0. The summed E-state index contributed by atoms with van der Waals surface area (Å²) < 4.78 is 13.4. The van der Waals surface area contributed by atoms with Gasteiger partial charge in [-0.2, -0.15) is 0 Å². The number of hydrogen-bond acceptors (Lipinski definition) is 2. The van der Waals surface area contributed by atoms with E-state index in [-0.39, 0.29) is 11.1 Å². The van der Waals surface area contributed by atoms with E-state index >= 15 is 0 Å². The third-order valence-electron chi connectivity index (χ3n) is 2.87. The average Bonchev–Trinajstić information content (AvgIpc) is 2.80. The molecule has 18 heavy (non-hydrogen) atoms. The first kappa shape index (κ1) is 13.5. The summed E-state index contributed by atoms with van der Waals surface area (Å²) in [5, 5.41) is 0.136. The molecule has 0 bridgehead atoms. The zero-order valence-electron chi connectivity index (χ0n) is 10.1. The molecule has 0 amide bonds. The van der Waals surface area contributed by atoms with Crippen LogP contribution in [-0.2, 0) is 12.8 Å². The summed E-state index contributed by atoms with van der Waals surface area (Å²) >= 11 is 7.68. The average molecular weight is 284 g/mol. The zero-order chi connectivity index (χ0) is 13.1. The monoisotopic (exact) mass is 283 g/mol. The largest absolute Gasteiger partial charge is 0.324 e. The molecule has 0 spiro atoms. The Balaban J connectivity index is 2.16. The maximum atomic E-state index is 13.4. The predicted octanol–water partition coefficient (Wildman–Crippen LogP) is 4.35. The number of thiophene rings is 1. The van der Waals surface area contributed by atoms with Gasteiger partial charge in [-0.25, -0.2) is 4.39 Å². The predicted molar refractivity (Wildman–Crippen MR) is 75.7 cm³/mol. The van der Waals surface area contributed by atoms with E-state index in [1.54, 1.807) is 23.5 Å². The summed E-state index contributed by atoms with van der Waals surface area (Å²) in [4.78, 5) is 2.54. The summed E-state index contributed by atoms with van der Waals surface area (Å²) in [5.41, 5.74) is 6.77. The highest BCUT2D eigenvalue weighted by atomic mass is 35.5. The van der Waals surface area contributed by atoms with Crippen molar-refractivity contribution in [2.75, 3.05) is 0 Å². The van der Waals surface area contributed by atoms with Gasteiger partial charge in [-0.05, 0) is 30.2 Å². The molecule has 1 nitrogen and oxygen atoms in total. The molecule has 0 radical (unpaired) electrons. The number of rotatable bonds is 4. The molecule has 2 N–H and O–H groups in total. The van der Waals surface area contributed by atoms with Crippen LogP contribution < -0.4 is 5.73 Å². The molecule has 2 aromatic rings. The first-order valence-electron chi connectivity index (χ1n) is 5.89. The Hall–Kier alpha value is -0.900. The van der Waals surface area contributed by atoms with Gasteiger partial charge in [0, 0.05) is 22.2 Å². The number of benzene rings is 1. The van der Waals surface area contributed by atoms with Gasteiger partial charge in [0.2, 0.25) is 0 Å². The minimum atomic E-state index is -0.412. The van der Waals surface area contributed by atoms with Crippen LogP contribution in [0.1, 0.15) is 28.3 Å². The molecule has 0 saturated carbocycles. The van der Waals surface area contributed by atoms with Crippen LogP contribution >= 0.6 is 22.9 Å². The van der Waals surface area contributed by atoms with Crippen molar-refractivity contribution in [3.8, 4) is 0 Å². The van der Waals surface area contributed by atoms with Crippen LogP contribution in [0.5, 0.6) is 0 Å². The second-order valence-corrected chi connectivity index (χ2v) is 5.81. The number of nitrogens with two attached hydrogens (primary N) is 1. The van der Waals surface area contributed by atoms with Gasteiger partial charge < -0.3 is 5.73 Å². The third-order valence-corrected chi connectivity index (χ3v) is 4.52. The normalized spacial score (nSPS) is 12.7. The molecule has 0 aliphatic rings. The van der Waals surface area contributed by atoms with Crippen LogP contribution in [-0.4, -0.2) is 0 Å². The summed E-state index contributed by atoms with van der Waals surface area (Å²) in [6.45, 7) is 2.12. The second-order valence-electron chi connectivity index (χ2n) is 4.18. The van der Waals surface area contributed by atoms with Gasteiger partial charge in [-0.15, -0.1) is 11.3 Å². The van der Waals surface area contributed by atoms with Crippen molar-refractivity contribution in [1.29, 1.82) is 0 Å². The van der Waals surface area contributed by atoms with Gasteiger partial charge in [-0.1, -0.05) is 30.7 Å². The van der Waals surface area contributed by atoms with Crippen molar-refractivity contribution < 1.29 is 4.39 Å². The van der Waals surface area contributed by atoms with Crippen molar-refractivity contribution in [1.82, 2.24) is 0 Å².